The molecule has 0 rings (SSSR count). The zero-order chi connectivity index (χ0) is 29.4. The highest BCUT2D eigenvalue weighted by Crippen LogP contribution is 2.43. The van der Waals surface area contributed by atoms with Gasteiger partial charge in [-0.25, -0.2) is 4.57 Å². The van der Waals surface area contributed by atoms with Crippen molar-refractivity contribution in [3.8, 4) is 0 Å². The summed E-state index contributed by atoms with van der Waals surface area (Å²) in [6.45, 7) is 5.66. The maximum atomic E-state index is 12.2. The Hall–Kier alpha value is -1.25. The summed E-state index contributed by atoms with van der Waals surface area (Å²) in [6.07, 6.45) is 17.3. The van der Waals surface area contributed by atoms with Crippen LogP contribution >= 0.6 is 7.82 Å². The van der Waals surface area contributed by atoms with Crippen LogP contribution in [0.5, 0.6) is 0 Å². The highest BCUT2D eigenvalue weighted by Gasteiger charge is 2.26. The average Bonchev–Trinajstić information content (AvgIpc) is 2.86. The number of nitrogens with zero attached hydrogens (tertiary/aromatic N) is 1. The third kappa shape index (κ3) is 26.7. The van der Waals surface area contributed by atoms with E-state index in [1.807, 2.05) is 21.1 Å². The molecule has 0 bridgehead atoms. The molecule has 2 atom stereocenters. The number of carbonyl (C=O) groups excluding carboxylic acids is 2. The summed E-state index contributed by atoms with van der Waals surface area (Å²) in [5, 5.41) is 0. The van der Waals surface area contributed by atoms with Gasteiger partial charge in [-0.1, -0.05) is 90.0 Å². The number of hydrogen-bond acceptors (Lipinski definition) is 7. The number of carbonyl (C=O) groups is 2. The Balaban J connectivity index is 4.22. The van der Waals surface area contributed by atoms with E-state index in [2.05, 4.69) is 13.5 Å². The Labute approximate surface area is 237 Å². The van der Waals surface area contributed by atoms with E-state index in [-0.39, 0.29) is 26.1 Å². The van der Waals surface area contributed by atoms with Gasteiger partial charge in [0.1, 0.15) is 19.8 Å². The van der Waals surface area contributed by atoms with Gasteiger partial charge < -0.3 is 18.9 Å². The van der Waals surface area contributed by atoms with E-state index in [1.165, 1.54) is 64.2 Å². The normalized spacial score (nSPS) is 14.0. The largest absolute Gasteiger partial charge is 0.472 e. The molecule has 0 radical (unpaired) electrons. The van der Waals surface area contributed by atoms with Crippen molar-refractivity contribution in [3.05, 3.63) is 12.7 Å². The van der Waals surface area contributed by atoms with Crippen molar-refractivity contribution >= 4 is 19.8 Å². The lowest BCUT2D eigenvalue weighted by Crippen LogP contribution is -2.37. The van der Waals surface area contributed by atoms with Gasteiger partial charge in [0.2, 0.25) is 0 Å². The lowest BCUT2D eigenvalue weighted by molar-refractivity contribution is -0.870. The lowest BCUT2D eigenvalue weighted by atomic mass is 10.0. The SMILES string of the molecule is C=CCCC(=O)OC(COC(=O)CCCCCCCCCCCCCCC)COP(=O)(O)OCC[N+](C)(C)C. The quantitative estimate of drug-likeness (QED) is 0.0376. The Morgan fingerprint density at radius 1 is 0.821 bits per heavy atom. The molecule has 1 N–H and O–H groups in total. The van der Waals surface area contributed by atoms with Crippen LogP contribution in [0, 0.1) is 0 Å². The number of phosphoric acid groups is 1. The number of rotatable bonds is 27. The second-order valence-electron chi connectivity index (χ2n) is 11.2. The summed E-state index contributed by atoms with van der Waals surface area (Å²) < 4.78 is 33.3. The summed E-state index contributed by atoms with van der Waals surface area (Å²) >= 11 is 0. The second-order valence-corrected chi connectivity index (χ2v) is 12.7. The lowest BCUT2D eigenvalue weighted by Gasteiger charge is -2.24. The molecule has 0 aliphatic heterocycles. The first-order chi connectivity index (χ1) is 18.5. The standard InChI is InChI=1S/C29H56NO8P/c1-6-8-10-11-12-13-14-15-16-17-18-19-20-22-28(31)35-25-27(38-29(32)21-9-7-2)26-37-39(33,34)36-24-23-30(3,4)5/h7,27H,2,6,8-26H2,1,3-5H3/p+1. The molecule has 9 nitrogen and oxygen atoms in total. The van der Waals surface area contributed by atoms with Crippen LogP contribution in [0.25, 0.3) is 0 Å². The summed E-state index contributed by atoms with van der Waals surface area (Å²) in [6, 6.07) is 0. The van der Waals surface area contributed by atoms with E-state index >= 15 is 0 Å². The van der Waals surface area contributed by atoms with Gasteiger partial charge in [0.05, 0.1) is 27.7 Å². The molecule has 10 heteroatoms. The number of likely N-dealkylation sites (N-methyl/N-ethyl adjacent to an activating group) is 1. The molecule has 0 fully saturated rings. The van der Waals surface area contributed by atoms with Crippen LogP contribution in [0.15, 0.2) is 12.7 Å². The molecule has 0 saturated carbocycles. The zero-order valence-corrected chi connectivity index (χ0v) is 26.1. The van der Waals surface area contributed by atoms with Crippen molar-refractivity contribution in [2.75, 3.05) is 47.5 Å². The third-order valence-corrected chi connectivity index (χ3v) is 7.19. The Bertz CT molecular complexity index is 695. The van der Waals surface area contributed by atoms with Gasteiger partial charge in [-0.3, -0.25) is 18.6 Å². The minimum atomic E-state index is -4.35. The fraction of sp³-hybridized carbons (Fsp3) is 0.862. The van der Waals surface area contributed by atoms with Crippen molar-refractivity contribution in [3.63, 3.8) is 0 Å². The molecule has 0 aromatic heterocycles. The van der Waals surface area contributed by atoms with Gasteiger partial charge in [0.15, 0.2) is 6.10 Å². The molecule has 0 aliphatic rings. The number of quaternary nitrogens is 1. The second kappa shape index (κ2) is 23.5. The molecule has 0 aromatic rings. The highest BCUT2D eigenvalue weighted by molar-refractivity contribution is 7.47. The number of allylic oxidation sites excluding steroid dienone is 1. The Morgan fingerprint density at radius 3 is 1.87 bits per heavy atom. The van der Waals surface area contributed by atoms with E-state index in [9.17, 15) is 19.0 Å². The molecule has 39 heavy (non-hydrogen) atoms. The average molecular weight is 579 g/mol. The van der Waals surface area contributed by atoms with E-state index in [4.69, 9.17) is 18.5 Å². The van der Waals surface area contributed by atoms with E-state index < -0.39 is 32.5 Å². The molecule has 0 spiro atoms. The van der Waals surface area contributed by atoms with Gasteiger partial charge in [-0.15, -0.1) is 6.58 Å². The third-order valence-electron chi connectivity index (χ3n) is 6.21. The van der Waals surface area contributed by atoms with Crippen molar-refractivity contribution in [2.24, 2.45) is 0 Å². The van der Waals surface area contributed by atoms with Crippen LogP contribution in [-0.2, 0) is 32.7 Å². The first kappa shape index (κ1) is 37.8. The van der Waals surface area contributed by atoms with Gasteiger partial charge in [-0.2, -0.15) is 0 Å². The molecule has 0 aliphatic carbocycles. The van der Waals surface area contributed by atoms with Crippen LogP contribution in [-0.4, -0.2) is 74.9 Å². The molecule has 0 aromatic carbocycles. The van der Waals surface area contributed by atoms with Crippen molar-refractivity contribution < 1.29 is 42.1 Å². The molecule has 2 unspecified atom stereocenters. The fourth-order valence-electron chi connectivity index (χ4n) is 3.77. The molecule has 230 valence electrons. The molecule has 0 heterocycles. The fourth-order valence-corrected chi connectivity index (χ4v) is 4.51. The van der Waals surface area contributed by atoms with Crippen LogP contribution in [0.4, 0.5) is 0 Å². The molecule has 0 amide bonds. The number of phosphoric ester groups is 1. The van der Waals surface area contributed by atoms with Gasteiger partial charge in [0, 0.05) is 12.8 Å². The van der Waals surface area contributed by atoms with E-state index in [1.54, 1.807) is 6.08 Å². The minimum absolute atomic E-state index is 0.0230. The number of unbranched alkanes of at least 4 members (excludes halogenated alkanes) is 12. The van der Waals surface area contributed by atoms with Crippen LogP contribution in [0.2, 0.25) is 0 Å². The maximum absolute atomic E-state index is 12.2. The van der Waals surface area contributed by atoms with Gasteiger partial charge in [0.25, 0.3) is 0 Å². The smallest absolute Gasteiger partial charge is 0.462 e. The Kier molecular flexibility index (Phi) is 22.7. The Morgan fingerprint density at radius 2 is 1.36 bits per heavy atom. The molecule has 0 saturated heterocycles. The highest BCUT2D eigenvalue weighted by atomic mass is 31.2. The first-order valence-electron chi connectivity index (χ1n) is 14.9. The summed E-state index contributed by atoms with van der Waals surface area (Å²) in [5.74, 6) is -0.925. The van der Waals surface area contributed by atoms with Gasteiger partial charge in [-0.05, 0) is 12.8 Å². The van der Waals surface area contributed by atoms with Crippen LogP contribution in [0.3, 0.4) is 0 Å². The first-order valence-corrected chi connectivity index (χ1v) is 16.4. The zero-order valence-electron chi connectivity index (χ0n) is 25.2. The van der Waals surface area contributed by atoms with E-state index in [0.717, 1.165) is 19.3 Å². The van der Waals surface area contributed by atoms with Crippen molar-refractivity contribution in [2.45, 2.75) is 116 Å². The summed E-state index contributed by atoms with van der Waals surface area (Å²) in [4.78, 5) is 34.2. The van der Waals surface area contributed by atoms with E-state index in [0.29, 0.717) is 17.4 Å². The van der Waals surface area contributed by atoms with Crippen LogP contribution in [0.1, 0.15) is 110 Å². The summed E-state index contributed by atoms with van der Waals surface area (Å²) in [5.41, 5.74) is 0. The minimum Gasteiger partial charge on any atom is -0.462 e. The number of hydrogen-bond donors (Lipinski definition) is 1. The van der Waals surface area contributed by atoms with Crippen molar-refractivity contribution in [1.82, 2.24) is 0 Å². The predicted octanol–water partition coefficient (Wildman–Crippen LogP) is 6.73. The topological polar surface area (TPSA) is 108 Å². The monoisotopic (exact) mass is 578 g/mol. The molecular weight excluding hydrogens is 521 g/mol. The maximum Gasteiger partial charge on any atom is 0.472 e. The summed E-state index contributed by atoms with van der Waals surface area (Å²) in [7, 11) is 1.44. The van der Waals surface area contributed by atoms with Crippen molar-refractivity contribution in [1.29, 1.82) is 0 Å². The molecular formula is C29H57NO8P+. The van der Waals surface area contributed by atoms with Gasteiger partial charge >= 0.3 is 19.8 Å². The number of ether oxygens (including phenoxy) is 2. The number of esters is 2. The predicted molar refractivity (Wildman–Crippen MR) is 155 cm³/mol. The van der Waals surface area contributed by atoms with Crippen LogP contribution < -0.4 is 0 Å².